The van der Waals surface area contributed by atoms with Gasteiger partial charge in [-0.15, -0.1) is 0 Å². The van der Waals surface area contributed by atoms with Crippen LogP contribution in [0.1, 0.15) is 36.9 Å². The fraction of sp³-hybridized carbons (Fsp3) is 0.444. The van der Waals surface area contributed by atoms with Crippen LogP contribution in [-0.2, 0) is 11.3 Å². The zero-order chi connectivity index (χ0) is 17.7. The molecule has 130 valence electrons. The maximum absolute atomic E-state index is 13.1. The van der Waals surface area contributed by atoms with Crippen molar-refractivity contribution in [2.45, 2.75) is 33.4 Å². The normalized spacial score (nSPS) is 12.4. The summed E-state index contributed by atoms with van der Waals surface area (Å²) >= 11 is 0. The molecule has 0 radical (unpaired) electrons. The molecule has 0 fully saturated rings. The molecule has 0 spiro atoms. The smallest absolute Gasteiger partial charge is 0.237 e. The lowest BCUT2D eigenvalue weighted by Gasteiger charge is -2.30. The number of rotatable bonds is 7. The molecule has 0 aliphatic carbocycles. The van der Waals surface area contributed by atoms with E-state index in [0.29, 0.717) is 13.1 Å². The van der Waals surface area contributed by atoms with E-state index in [9.17, 15) is 9.18 Å². The first kappa shape index (κ1) is 18.1. The van der Waals surface area contributed by atoms with Crippen molar-refractivity contribution in [3.63, 3.8) is 0 Å². The van der Waals surface area contributed by atoms with Crippen LogP contribution in [0.4, 0.5) is 4.39 Å². The van der Waals surface area contributed by atoms with Crippen molar-refractivity contribution in [3.05, 3.63) is 53.2 Å². The highest BCUT2D eigenvalue weighted by Gasteiger charge is 2.21. The number of likely N-dealkylation sites (N-methyl/N-ethyl adjacent to an activating group) is 2. The number of hydrogen-bond donors (Lipinski definition) is 0. The van der Waals surface area contributed by atoms with E-state index in [-0.39, 0.29) is 24.3 Å². The minimum absolute atomic E-state index is 0.0250. The molecule has 0 N–H and O–H groups in total. The lowest BCUT2D eigenvalue weighted by atomic mass is 10.1. The largest absolute Gasteiger partial charge is 0.361 e. The van der Waals surface area contributed by atoms with Gasteiger partial charge in [0, 0.05) is 19.2 Å². The predicted octanol–water partition coefficient (Wildman–Crippen LogP) is 3.16. The van der Waals surface area contributed by atoms with E-state index in [1.54, 1.807) is 17.0 Å². The van der Waals surface area contributed by atoms with Crippen LogP contribution >= 0.6 is 0 Å². The van der Waals surface area contributed by atoms with E-state index >= 15 is 0 Å². The molecule has 24 heavy (non-hydrogen) atoms. The molecule has 1 aromatic heterocycles. The maximum Gasteiger partial charge on any atom is 0.237 e. The quantitative estimate of drug-likeness (QED) is 0.781. The second-order valence-electron chi connectivity index (χ2n) is 6.01. The molecule has 0 aliphatic rings. The number of aromatic nitrogens is 1. The minimum Gasteiger partial charge on any atom is -0.361 e. The third-order valence-electron chi connectivity index (χ3n) is 3.99. The summed E-state index contributed by atoms with van der Waals surface area (Å²) in [5.41, 5.74) is 1.72. The highest BCUT2D eigenvalue weighted by molar-refractivity contribution is 5.78. The van der Waals surface area contributed by atoms with E-state index < -0.39 is 0 Å². The Morgan fingerprint density at radius 3 is 2.54 bits per heavy atom. The van der Waals surface area contributed by atoms with Crippen molar-refractivity contribution >= 4 is 5.91 Å². The first-order valence-corrected chi connectivity index (χ1v) is 8.06. The second-order valence-corrected chi connectivity index (χ2v) is 6.01. The molecule has 0 saturated carbocycles. The second kappa shape index (κ2) is 8.06. The van der Waals surface area contributed by atoms with E-state index in [4.69, 9.17) is 4.52 Å². The molecular weight excluding hydrogens is 309 g/mol. The van der Waals surface area contributed by atoms with Crippen LogP contribution < -0.4 is 0 Å². The summed E-state index contributed by atoms with van der Waals surface area (Å²) in [6, 6.07) is 8.03. The SMILES string of the molecule is CCN(C(=O)CN(C)Cc1cc(C)on1)C(C)c1ccc(F)cc1. The number of carbonyl (C=O) groups excluding carboxylic acids is 1. The van der Waals surface area contributed by atoms with Crippen LogP contribution in [-0.4, -0.2) is 41.0 Å². The predicted molar refractivity (Wildman–Crippen MR) is 89.8 cm³/mol. The lowest BCUT2D eigenvalue weighted by molar-refractivity contribution is -0.134. The standard InChI is InChI=1S/C18H24FN3O2/c1-5-22(14(3)15-6-8-16(19)9-7-15)18(23)12-21(4)11-17-10-13(2)24-20-17/h6-10,14H,5,11-12H2,1-4H3. The zero-order valence-corrected chi connectivity index (χ0v) is 14.6. The van der Waals surface area contributed by atoms with Gasteiger partial charge in [0.2, 0.25) is 5.91 Å². The van der Waals surface area contributed by atoms with Crippen molar-refractivity contribution in [1.29, 1.82) is 0 Å². The van der Waals surface area contributed by atoms with Gasteiger partial charge in [0.25, 0.3) is 0 Å². The number of hydrogen-bond acceptors (Lipinski definition) is 4. The number of amides is 1. The van der Waals surface area contributed by atoms with Gasteiger partial charge in [0.05, 0.1) is 18.3 Å². The fourth-order valence-corrected chi connectivity index (χ4v) is 2.73. The average Bonchev–Trinajstić information content (AvgIpc) is 2.93. The molecule has 1 aromatic carbocycles. The third kappa shape index (κ3) is 4.64. The Labute approximate surface area is 142 Å². The number of benzene rings is 1. The Kier molecular flexibility index (Phi) is 6.09. The van der Waals surface area contributed by atoms with Gasteiger partial charge in [-0.25, -0.2) is 4.39 Å². The lowest BCUT2D eigenvalue weighted by Crippen LogP contribution is -2.40. The van der Waals surface area contributed by atoms with E-state index in [2.05, 4.69) is 5.16 Å². The average molecular weight is 333 g/mol. The Hall–Kier alpha value is -2.21. The van der Waals surface area contributed by atoms with Crippen molar-refractivity contribution in [2.24, 2.45) is 0 Å². The van der Waals surface area contributed by atoms with Crippen molar-refractivity contribution in [3.8, 4) is 0 Å². The van der Waals surface area contributed by atoms with Gasteiger partial charge in [-0.05, 0) is 45.5 Å². The first-order valence-electron chi connectivity index (χ1n) is 8.06. The topological polar surface area (TPSA) is 49.6 Å². The molecular formula is C18H24FN3O2. The van der Waals surface area contributed by atoms with Gasteiger partial charge >= 0.3 is 0 Å². The molecule has 1 unspecified atom stereocenters. The Morgan fingerprint density at radius 1 is 1.33 bits per heavy atom. The highest BCUT2D eigenvalue weighted by Crippen LogP contribution is 2.20. The van der Waals surface area contributed by atoms with E-state index in [0.717, 1.165) is 17.0 Å². The molecule has 5 nitrogen and oxygen atoms in total. The van der Waals surface area contributed by atoms with Crippen LogP contribution in [0.2, 0.25) is 0 Å². The van der Waals surface area contributed by atoms with Crippen LogP contribution in [0, 0.1) is 12.7 Å². The van der Waals surface area contributed by atoms with Gasteiger partial charge in [0.1, 0.15) is 11.6 Å². The third-order valence-corrected chi connectivity index (χ3v) is 3.99. The summed E-state index contributed by atoms with van der Waals surface area (Å²) in [7, 11) is 1.87. The van der Waals surface area contributed by atoms with Gasteiger partial charge in [-0.3, -0.25) is 9.69 Å². The maximum atomic E-state index is 13.1. The fourth-order valence-electron chi connectivity index (χ4n) is 2.73. The monoisotopic (exact) mass is 333 g/mol. The molecule has 1 heterocycles. The molecule has 2 rings (SSSR count). The molecule has 6 heteroatoms. The van der Waals surface area contributed by atoms with Crippen LogP contribution in [0.25, 0.3) is 0 Å². The molecule has 2 aromatic rings. The zero-order valence-electron chi connectivity index (χ0n) is 14.6. The van der Waals surface area contributed by atoms with Gasteiger partial charge < -0.3 is 9.42 Å². The number of aryl methyl sites for hydroxylation is 1. The van der Waals surface area contributed by atoms with Gasteiger partial charge in [-0.2, -0.15) is 0 Å². The number of nitrogens with zero attached hydrogens (tertiary/aromatic N) is 3. The molecule has 1 atom stereocenters. The summed E-state index contributed by atoms with van der Waals surface area (Å²) < 4.78 is 18.1. The molecule has 0 bridgehead atoms. The van der Waals surface area contributed by atoms with Gasteiger partial charge in [-0.1, -0.05) is 17.3 Å². The van der Waals surface area contributed by atoms with Crippen LogP contribution in [0.3, 0.4) is 0 Å². The summed E-state index contributed by atoms with van der Waals surface area (Å²) in [5.74, 6) is 0.504. The Morgan fingerprint density at radius 2 is 2.00 bits per heavy atom. The van der Waals surface area contributed by atoms with Crippen molar-refractivity contribution < 1.29 is 13.7 Å². The first-order chi connectivity index (χ1) is 11.4. The number of halogens is 1. The van der Waals surface area contributed by atoms with E-state index in [1.165, 1.54) is 12.1 Å². The minimum atomic E-state index is -0.275. The molecule has 1 amide bonds. The van der Waals surface area contributed by atoms with Crippen LogP contribution in [0.5, 0.6) is 0 Å². The highest BCUT2D eigenvalue weighted by atomic mass is 19.1. The van der Waals surface area contributed by atoms with E-state index in [1.807, 2.05) is 38.8 Å². The summed E-state index contributed by atoms with van der Waals surface area (Å²) in [6.07, 6.45) is 0. The van der Waals surface area contributed by atoms with Crippen molar-refractivity contribution in [1.82, 2.24) is 15.0 Å². The van der Waals surface area contributed by atoms with Crippen molar-refractivity contribution in [2.75, 3.05) is 20.1 Å². The Bertz CT molecular complexity index is 669. The van der Waals surface area contributed by atoms with Crippen LogP contribution in [0.15, 0.2) is 34.9 Å². The van der Waals surface area contributed by atoms with Gasteiger partial charge in [0.15, 0.2) is 0 Å². The molecule has 0 saturated heterocycles. The summed E-state index contributed by atoms with van der Waals surface area (Å²) in [5, 5.41) is 3.94. The summed E-state index contributed by atoms with van der Waals surface area (Å²) in [6.45, 7) is 7.16. The molecule has 0 aliphatic heterocycles. The number of carbonyl (C=O) groups is 1. The summed E-state index contributed by atoms with van der Waals surface area (Å²) in [4.78, 5) is 16.3. The Balaban J connectivity index is 1.98.